The molecule has 0 spiro atoms. The number of nitrogens with zero attached hydrogens (tertiary/aromatic N) is 1. The summed E-state index contributed by atoms with van der Waals surface area (Å²) in [6, 6.07) is 3.99. The molecule has 3 atom stereocenters. The third-order valence-corrected chi connectivity index (χ3v) is 6.57. The zero-order valence-electron chi connectivity index (χ0n) is 21.2. The molecule has 1 fully saturated rings. The van der Waals surface area contributed by atoms with Crippen LogP contribution in [0.15, 0.2) is 18.2 Å². The number of halogens is 1. The molecule has 9 nitrogen and oxygen atoms in total. The van der Waals surface area contributed by atoms with Gasteiger partial charge in [0.15, 0.2) is 5.78 Å². The van der Waals surface area contributed by atoms with Crippen molar-refractivity contribution in [2.45, 2.75) is 65.3 Å². The molecule has 0 radical (unpaired) electrons. The lowest BCUT2D eigenvalue weighted by atomic mass is 9.93. The third-order valence-electron chi connectivity index (χ3n) is 6.34. The van der Waals surface area contributed by atoms with Crippen molar-refractivity contribution in [3.05, 3.63) is 28.8 Å². The summed E-state index contributed by atoms with van der Waals surface area (Å²) in [6.45, 7) is 5.06. The highest BCUT2D eigenvalue weighted by atomic mass is 35.5. The zero-order valence-corrected chi connectivity index (χ0v) is 22.0. The van der Waals surface area contributed by atoms with E-state index in [1.807, 2.05) is 13.8 Å². The van der Waals surface area contributed by atoms with Gasteiger partial charge in [-0.05, 0) is 55.4 Å². The lowest BCUT2D eigenvalue weighted by Crippen LogP contribution is -2.47. The standard InChI is InChI=1S/C26H35ClN2O7/c1-5-16(24(32)28-21(26(34)35)10-15(2)3)13-23(31)29-14-20(30)8-6-17(25(29)33)11-18-12-19(27)7-9-22(18)36-4/h7,9,12,15-17,21H,5-6,8,10-11,13-14H2,1-4H3,(H,28,32)(H,34,35)/t16-,17?,21-/m0/s1. The Morgan fingerprint density at radius 1 is 1.25 bits per heavy atom. The van der Waals surface area contributed by atoms with Gasteiger partial charge < -0.3 is 15.2 Å². The van der Waals surface area contributed by atoms with Crippen LogP contribution < -0.4 is 10.1 Å². The number of aliphatic carboxylic acids is 1. The molecule has 0 aromatic heterocycles. The lowest BCUT2D eigenvalue weighted by Gasteiger charge is -2.25. The quantitative estimate of drug-likeness (QED) is 0.456. The largest absolute Gasteiger partial charge is 0.496 e. The van der Waals surface area contributed by atoms with E-state index in [9.17, 15) is 29.1 Å². The second-order valence-corrected chi connectivity index (χ2v) is 10.0. The molecule has 3 amide bonds. The molecular weight excluding hydrogens is 488 g/mol. The van der Waals surface area contributed by atoms with Crippen molar-refractivity contribution in [1.29, 1.82) is 0 Å². The predicted molar refractivity (Wildman–Crippen MR) is 134 cm³/mol. The molecule has 2 rings (SSSR count). The van der Waals surface area contributed by atoms with Gasteiger partial charge in [-0.3, -0.25) is 24.1 Å². The number of carboxylic acid groups (broad SMARTS) is 1. The van der Waals surface area contributed by atoms with Crippen LogP contribution in [0.2, 0.25) is 5.02 Å². The monoisotopic (exact) mass is 522 g/mol. The van der Waals surface area contributed by atoms with Gasteiger partial charge in [0.1, 0.15) is 11.8 Å². The van der Waals surface area contributed by atoms with Crippen molar-refractivity contribution in [3.63, 3.8) is 0 Å². The van der Waals surface area contributed by atoms with Crippen LogP contribution in [-0.4, -0.2) is 59.2 Å². The molecule has 1 aromatic carbocycles. The fraction of sp³-hybridized carbons (Fsp3) is 0.577. The molecule has 0 aliphatic carbocycles. The van der Waals surface area contributed by atoms with E-state index < -0.39 is 41.6 Å². The van der Waals surface area contributed by atoms with Gasteiger partial charge in [-0.15, -0.1) is 0 Å². The summed E-state index contributed by atoms with van der Waals surface area (Å²) < 4.78 is 5.37. The number of nitrogens with one attached hydrogen (secondary N) is 1. The summed E-state index contributed by atoms with van der Waals surface area (Å²) in [5.41, 5.74) is 0.695. The van der Waals surface area contributed by atoms with E-state index in [0.717, 1.165) is 4.90 Å². The van der Waals surface area contributed by atoms with E-state index in [4.69, 9.17) is 16.3 Å². The van der Waals surface area contributed by atoms with Crippen LogP contribution in [0.5, 0.6) is 5.75 Å². The molecule has 1 aliphatic heterocycles. The fourth-order valence-corrected chi connectivity index (χ4v) is 4.51. The summed E-state index contributed by atoms with van der Waals surface area (Å²) in [5, 5.41) is 12.4. The number of methoxy groups -OCH3 is 1. The molecule has 1 saturated heterocycles. The summed E-state index contributed by atoms with van der Waals surface area (Å²) >= 11 is 6.11. The molecule has 198 valence electrons. The van der Waals surface area contributed by atoms with Crippen LogP contribution >= 0.6 is 11.6 Å². The van der Waals surface area contributed by atoms with Crippen molar-refractivity contribution in [2.75, 3.05) is 13.7 Å². The minimum absolute atomic E-state index is 0.0453. The first-order valence-electron chi connectivity index (χ1n) is 12.2. The molecule has 2 N–H and O–H groups in total. The first-order valence-corrected chi connectivity index (χ1v) is 12.6. The smallest absolute Gasteiger partial charge is 0.326 e. The Morgan fingerprint density at radius 3 is 2.53 bits per heavy atom. The maximum absolute atomic E-state index is 13.4. The minimum atomic E-state index is -1.15. The number of carbonyl (C=O) groups excluding carboxylic acids is 4. The Bertz CT molecular complexity index is 995. The van der Waals surface area contributed by atoms with Gasteiger partial charge in [0, 0.05) is 29.7 Å². The van der Waals surface area contributed by atoms with Crippen molar-refractivity contribution < 1.29 is 33.8 Å². The Balaban J connectivity index is 2.17. The number of Topliss-reactive ketones (excluding diaryl/α,β-unsaturated/α-hetero) is 1. The number of hydrogen-bond acceptors (Lipinski definition) is 6. The van der Waals surface area contributed by atoms with Crippen LogP contribution in [-0.2, 0) is 30.4 Å². The summed E-state index contributed by atoms with van der Waals surface area (Å²) in [6.07, 6.45) is 0.889. The van der Waals surface area contributed by atoms with Gasteiger partial charge >= 0.3 is 5.97 Å². The summed E-state index contributed by atoms with van der Waals surface area (Å²) in [4.78, 5) is 64.2. The van der Waals surface area contributed by atoms with Gasteiger partial charge in [-0.1, -0.05) is 32.4 Å². The van der Waals surface area contributed by atoms with Gasteiger partial charge in [0.2, 0.25) is 17.7 Å². The maximum atomic E-state index is 13.4. The zero-order chi connectivity index (χ0) is 27.0. The molecule has 1 heterocycles. The highest BCUT2D eigenvalue weighted by molar-refractivity contribution is 6.30. The van der Waals surface area contributed by atoms with Gasteiger partial charge in [-0.25, -0.2) is 4.79 Å². The van der Waals surface area contributed by atoms with E-state index in [0.29, 0.717) is 16.3 Å². The molecule has 36 heavy (non-hydrogen) atoms. The molecular formula is C26H35ClN2O7. The Labute approximate surface area is 216 Å². The number of rotatable bonds is 11. The number of carboxylic acids is 1. The van der Waals surface area contributed by atoms with Gasteiger partial charge in [0.05, 0.1) is 13.7 Å². The Hall–Kier alpha value is -2.94. The third kappa shape index (κ3) is 8.05. The number of hydrogen-bond donors (Lipinski definition) is 2. The number of amides is 3. The first kappa shape index (κ1) is 29.3. The second-order valence-electron chi connectivity index (χ2n) is 9.59. The molecule has 1 aliphatic rings. The van der Waals surface area contributed by atoms with Crippen molar-refractivity contribution in [1.82, 2.24) is 10.2 Å². The van der Waals surface area contributed by atoms with Gasteiger partial charge in [0.25, 0.3) is 0 Å². The summed E-state index contributed by atoms with van der Waals surface area (Å²) in [7, 11) is 1.51. The first-order chi connectivity index (χ1) is 17.0. The maximum Gasteiger partial charge on any atom is 0.326 e. The molecule has 10 heteroatoms. The topological polar surface area (TPSA) is 130 Å². The van der Waals surface area contributed by atoms with Crippen LogP contribution in [0, 0.1) is 17.8 Å². The minimum Gasteiger partial charge on any atom is -0.496 e. The van der Waals surface area contributed by atoms with Gasteiger partial charge in [-0.2, -0.15) is 0 Å². The number of imide groups is 1. The normalized spacial score (nSPS) is 17.9. The number of carbonyl (C=O) groups is 5. The molecule has 0 saturated carbocycles. The number of ketones is 1. The predicted octanol–water partition coefficient (Wildman–Crippen LogP) is 3.26. The van der Waals surface area contributed by atoms with E-state index in [1.165, 1.54) is 7.11 Å². The van der Waals surface area contributed by atoms with Crippen LogP contribution in [0.3, 0.4) is 0 Å². The summed E-state index contributed by atoms with van der Waals surface area (Å²) in [5.74, 6) is -3.92. The van der Waals surface area contributed by atoms with Crippen LogP contribution in [0.25, 0.3) is 0 Å². The average Bonchev–Trinajstić information content (AvgIpc) is 2.95. The second kappa shape index (κ2) is 13.4. The van der Waals surface area contributed by atoms with Crippen molar-refractivity contribution in [3.8, 4) is 5.75 Å². The highest BCUT2D eigenvalue weighted by Crippen LogP contribution is 2.29. The van der Waals surface area contributed by atoms with Crippen molar-refractivity contribution >= 4 is 41.1 Å². The van der Waals surface area contributed by atoms with Crippen LogP contribution in [0.4, 0.5) is 0 Å². The Morgan fingerprint density at radius 2 is 1.94 bits per heavy atom. The van der Waals surface area contributed by atoms with E-state index >= 15 is 0 Å². The van der Waals surface area contributed by atoms with E-state index in [-0.39, 0.29) is 56.8 Å². The van der Waals surface area contributed by atoms with Crippen LogP contribution in [0.1, 0.15) is 58.4 Å². The van der Waals surface area contributed by atoms with Crippen molar-refractivity contribution in [2.24, 2.45) is 17.8 Å². The number of benzene rings is 1. The molecule has 1 unspecified atom stereocenters. The fourth-order valence-electron chi connectivity index (χ4n) is 4.31. The highest BCUT2D eigenvalue weighted by Gasteiger charge is 2.36. The Kier molecular flexibility index (Phi) is 10.9. The van der Waals surface area contributed by atoms with E-state index in [1.54, 1.807) is 25.1 Å². The molecule has 1 aromatic rings. The number of ether oxygens (including phenoxy) is 1. The average molecular weight is 523 g/mol. The van der Waals surface area contributed by atoms with E-state index in [2.05, 4.69) is 5.32 Å². The lowest BCUT2D eigenvalue weighted by molar-refractivity contribution is -0.150. The SMILES string of the molecule is CC[C@@H](CC(=O)N1CC(=O)CCC(Cc2cc(Cl)ccc2OC)C1=O)C(=O)N[C@@H](CC(C)C)C(=O)O. The number of likely N-dealkylation sites (tertiary alicyclic amines) is 1. The molecule has 0 bridgehead atoms.